The molecule has 0 aromatic heterocycles. The molecule has 4 aromatic carbocycles. The maximum absolute atomic E-state index is 12.6. The number of hydrogen-bond acceptors (Lipinski definition) is 3. The zero-order valence-corrected chi connectivity index (χ0v) is 20.0. The summed E-state index contributed by atoms with van der Waals surface area (Å²) >= 11 is 0. The molecule has 2 N–H and O–H groups in total. The van der Waals surface area contributed by atoms with Gasteiger partial charge in [0.15, 0.2) is 0 Å². The van der Waals surface area contributed by atoms with Crippen LogP contribution >= 0.6 is 0 Å². The second-order valence-electron chi connectivity index (χ2n) is 9.08. The molecule has 1 aliphatic carbocycles. The zero-order chi connectivity index (χ0) is 25.1. The van der Waals surface area contributed by atoms with Crippen LogP contribution in [0.3, 0.4) is 0 Å². The molecule has 1 aliphatic rings. The standard InChI is InChI=1S/C31H27NO4/c1-20-17-21(15-16-23(20)22-9-3-2-4-10-22)18-29(30(33)34)32-31(35)36-19-28-26-13-7-5-11-24(26)25-12-6-8-14-27(25)28/h2-17,28-29H,18-19H2,1H3,(H,32,35)(H,33,34). The van der Waals surface area contributed by atoms with Gasteiger partial charge in [-0.3, -0.25) is 0 Å². The van der Waals surface area contributed by atoms with E-state index in [9.17, 15) is 14.7 Å². The van der Waals surface area contributed by atoms with Gasteiger partial charge in [-0.15, -0.1) is 0 Å². The number of benzene rings is 4. The van der Waals surface area contributed by atoms with Crippen LogP contribution < -0.4 is 5.32 Å². The molecular weight excluding hydrogens is 450 g/mol. The number of nitrogens with one attached hydrogen (secondary N) is 1. The van der Waals surface area contributed by atoms with E-state index in [1.165, 1.54) is 0 Å². The van der Waals surface area contributed by atoms with Gasteiger partial charge in [-0.25, -0.2) is 9.59 Å². The van der Waals surface area contributed by atoms with Gasteiger partial charge in [0.25, 0.3) is 0 Å². The van der Waals surface area contributed by atoms with Crippen molar-refractivity contribution in [1.29, 1.82) is 0 Å². The monoisotopic (exact) mass is 477 g/mol. The van der Waals surface area contributed by atoms with E-state index in [0.29, 0.717) is 0 Å². The van der Waals surface area contributed by atoms with Gasteiger partial charge in [0.1, 0.15) is 12.6 Å². The zero-order valence-electron chi connectivity index (χ0n) is 20.0. The highest BCUT2D eigenvalue weighted by Crippen LogP contribution is 2.44. The molecule has 180 valence electrons. The minimum absolute atomic E-state index is 0.0837. The Bertz CT molecular complexity index is 1370. The third kappa shape index (κ3) is 4.73. The average molecular weight is 478 g/mol. The van der Waals surface area contributed by atoms with Gasteiger partial charge in [0, 0.05) is 12.3 Å². The molecule has 5 nitrogen and oxygen atoms in total. The van der Waals surface area contributed by atoms with Crippen molar-refractivity contribution in [1.82, 2.24) is 5.32 Å². The van der Waals surface area contributed by atoms with Gasteiger partial charge in [-0.05, 0) is 51.4 Å². The molecule has 0 bridgehead atoms. The van der Waals surface area contributed by atoms with Crippen molar-refractivity contribution in [2.75, 3.05) is 6.61 Å². The number of carbonyl (C=O) groups is 2. The normalized spacial score (nSPS) is 12.9. The Balaban J connectivity index is 1.25. The Labute approximate surface area is 210 Å². The van der Waals surface area contributed by atoms with E-state index in [0.717, 1.165) is 44.5 Å². The molecule has 5 heteroatoms. The van der Waals surface area contributed by atoms with Crippen molar-refractivity contribution >= 4 is 12.1 Å². The molecule has 0 saturated heterocycles. The number of hydrogen-bond donors (Lipinski definition) is 2. The first kappa shape index (κ1) is 23.4. The maximum Gasteiger partial charge on any atom is 0.407 e. The third-order valence-electron chi connectivity index (χ3n) is 6.75. The lowest BCUT2D eigenvalue weighted by Crippen LogP contribution is -2.42. The number of carboxylic acid groups (broad SMARTS) is 1. The van der Waals surface area contributed by atoms with Crippen LogP contribution in [0.15, 0.2) is 97.1 Å². The first-order valence-electron chi connectivity index (χ1n) is 12.0. The number of aryl methyl sites for hydroxylation is 1. The van der Waals surface area contributed by atoms with Crippen LogP contribution in [0.4, 0.5) is 4.79 Å². The van der Waals surface area contributed by atoms with Gasteiger partial charge in [-0.1, -0.05) is 97.1 Å². The van der Waals surface area contributed by atoms with Crippen LogP contribution in [0, 0.1) is 6.92 Å². The van der Waals surface area contributed by atoms with Crippen molar-refractivity contribution in [3.63, 3.8) is 0 Å². The summed E-state index contributed by atoms with van der Waals surface area (Å²) in [6.07, 6.45) is -0.572. The first-order valence-corrected chi connectivity index (χ1v) is 12.0. The molecule has 0 spiro atoms. The van der Waals surface area contributed by atoms with Gasteiger partial charge in [0.2, 0.25) is 0 Å². The third-order valence-corrected chi connectivity index (χ3v) is 6.75. The second-order valence-corrected chi connectivity index (χ2v) is 9.08. The van der Waals surface area contributed by atoms with E-state index < -0.39 is 18.1 Å². The predicted molar refractivity (Wildman–Crippen MR) is 140 cm³/mol. The highest BCUT2D eigenvalue weighted by molar-refractivity contribution is 5.81. The Kier molecular flexibility index (Phi) is 6.54. The second kappa shape index (κ2) is 10.1. The minimum Gasteiger partial charge on any atom is -0.480 e. The van der Waals surface area contributed by atoms with E-state index in [2.05, 4.69) is 17.4 Å². The van der Waals surface area contributed by atoms with Crippen molar-refractivity contribution < 1.29 is 19.4 Å². The smallest absolute Gasteiger partial charge is 0.407 e. The number of carboxylic acids is 1. The Morgan fingerprint density at radius 1 is 0.833 bits per heavy atom. The molecule has 0 fully saturated rings. The summed E-state index contributed by atoms with van der Waals surface area (Å²) in [5.41, 5.74) is 8.57. The lowest BCUT2D eigenvalue weighted by atomic mass is 9.96. The number of amides is 1. The topological polar surface area (TPSA) is 75.6 Å². The van der Waals surface area contributed by atoms with Gasteiger partial charge in [-0.2, -0.15) is 0 Å². The molecule has 36 heavy (non-hydrogen) atoms. The van der Waals surface area contributed by atoms with Crippen molar-refractivity contribution in [2.45, 2.75) is 25.3 Å². The molecule has 0 saturated carbocycles. The predicted octanol–water partition coefficient (Wildman–Crippen LogP) is 6.20. The molecule has 1 atom stereocenters. The largest absolute Gasteiger partial charge is 0.480 e. The first-order chi connectivity index (χ1) is 17.5. The highest BCUT2D eigenvalue weighted by Gasteiger charge is 2.29. The van der Waals surface area contributed by atoms with E-state index >= 15 is 0 Å². The van der Waals surface area contributed by atoms with Gasteiger partial charge >= 0.3 is 12.1 Å². The van der Waals surface area contributed by atoms with E-state index in [1.807, 2.05) is 91.9 Å². The van der Waals surface area contributed by atoms with E-state index in [-0.39, 0.29) is 18.9 Å². The molecule has 0 radical (unpaired) electrons. The summed E-state index contributed by atoms with van der Waals surface area (Å²) in [7, 11) is 0. The Morgan fingerprint density at radius 2 is 1.44 bits per heavy atom. The van der Waals surface area contributed by atoms with E-state index in [1.54, 1.807) is 0 Å². The van der Waals surface area contributed by atoms with Gasteiger partial charge in [0.05, 0.1) is 0 Å². The van der Waals surface area contributed by atoms with Crippen LogP contribution in [0.2, 0.25) is 0 Å². The van der Waals surface area contributed by atoms with Crippen molar-refractivity contribution in [3.05, 3.63) is 119 Å². The molecule has 0 aliphatic heterocycles. The Hall–Kier alpha value is -4.38. The fraction of sp³-hybridized carbons (Fsp3) is 0.161. The van der Waals surface area contributed by atoms with Crippen LogP contribution in [0.1, 0.15) is 28.2 Å². The van der Waals surface area contributed by atoms with E-state index in [4.69, 9.17) is 4.74 Å². The summed E-state index contributed by atoms with van der Waals surface area (Å²) in [5, 5.41) is 12.3. The average Bonchev–Trinajstić information content (AvgIpc) is 3.21. The van der Waals surface area contributed by atoms with Crippen molar-refractivity contribution in [3.8, 4) is 22.3 Å². The van der Waals surface area contributed by atoms with Crippen LogP contribution in [-0.4, -0.2) is 29.8 Å². The lowest BCUT2D eigenvalue weighted by molar-refractivity contribution is -0.139. The maximum atomic E-state index is 12.6. The summed E-state index contributed by atoms with van der Waals surface area (Å²) in [6.45, 7) is 2.14. The quantitative estimate of drug-likeness (QED) is 0.332. The lowest BCUT2D eigenvalue weighted by Gasteiger charge is -2.18. The molecule has 1 unspecified atom stereocenters. The van der Waals surface area contributed by atoms with Crippen LogP contribution in [-0.2, 0) is 16.0 Å². The number of alkyl carbamates (subject to hydrolysis) is 1. The molecule has 0 heterocycles. The molecule has 4 aromatic rings. The summed E-state index contributed by atoms with van der Waals surface area (Å²) in [5.74, 6) is -1.19. The molecule has 1 amide bonds. The minimum atomic E-state index is -1.10. The summed E-state index contributed by atoms with van der Waals surface area (Å²) in [6, 6.07) is 31.0. The fourth-order valence-corrected chi connectivity index (χ4v) is 5.01. The molecule has 5 rings (SSSR count). The summed E-state index contributed by atoms with van der Waals surface area (Å²) in [4.78, 5) is 24.6. The van der Waals surface area contributed by atoms with Crippen LogP contribution in [0.5, 0.6) is 0 Å². The van der Waals surface area contributed by atoms with Crippen LogP contribution in [0.25, 0.3) is 22.3 Å². The number of rotatable bonds is 7. The fourth-order valence-electron chi connectivity index (χ4n) is 5.01. The van der Waals surface area contributed by atoms with Crippen molar-refractivity contribution in [2.24, 2.45) is 0 Å². The summed E-state index contributed by atoms with van der Waals surface area (Å²) < 4.78 is 5.55. The number of ether oxygens (including phenoxy) is 1. The number of fused-ring (bicyclic) bond motifs is 3. The Morgan fingerprint density at radius 3 is 2.06 bits per heavy atom. The van der Waals surface area contributed by atoms with Gasteiger partial charge < -0.3 is 15.2 Å². The molecular formula is C31H27NO4. The number of aliphatic carboxylic acids is 1. The SMILES string of the molecule is Cc1cc(CC(NC(=O)OCC2c3ccccc3-c3ccccc32)C(=O)O)ccc1-c1ccccc1. The number of carbonyl (C=O) groups excluding carboxylic acids is 1. The highest BCUT2D eigenvalue weighted by atomic mass is 16.5.